The molecule has 2 rings (SSSR count). The molecule has 0 spiro atoms. The van der Waals surface area contributed by atoms with Crippen LogP contribution >= 0.6 is 22.9 Å². The highest BCUT2D eigenvalue weighted by Crippen LogP contribution is 2.21. The third kappa shape index (κ3) is 3.81. The molecule has 0 radical (unpaired) electrons. The largest absolute Gasteiger partial charge is 0.327 e. The van der Waals surface area contributed by atoms with E-state index in [1.54, 1.807) is 4.68 Å². The van der Waals surface area contributed by atoms with Crippen LogP contribution in [0.3, 0.4) is 0 Å². The second-order valence-electron chi connectivity index (χ2n) is 4.91. The van der Waals surface area contributed by atoms with Gasteiger partial charge in [-0.1, -0.05) is 17.7 Å². The van der Waals surface area contributed by atoms with Gasteiger partial charge in [-0.15, -0.1) is 11.3 Å². The van der Waals surface area contributed by atoms with E-state index in [4.69, 9.17) is 17.3 Å². The Morgan fingerprint density at radius 3 is 2.89 bits per heavy atom. The van der Waals surface area contributed by atoms with Crippen molar-refractivity contribution in [1.82, 2.24) is 9.78 Å². The van der Waals surface area contributed by atoms with E-state index in [0.29, 0.717) is 5.15 Å². The number of rotatable bonds is 6. The maximum Gasteiger partial charge on any atom is 0.130 e. The molecule has 0 aliphatic rings. The normalized spacial score (nSPS) is 12.8. The number of nitrogens with two attached hydrogens (primary N) is 1. The van der Waals surface area contributed by atoms with Crippen LogP contribution in [0.15, 0.2) is 17.5 Å². The van der Waals surface area contributed by atoms with Gasteiger partial charge in [-0.3, -0.25) is 4.68 Å². The lowest BCUT2D eigenvalue weighted by molar-refractivity contribution is 0.580. The van der Waals surface area contributed by atoms with E-state index in [2.05, 4.69) is 22.6 Å². The van der Waals surface area contributed by atoms with Crippen LogP contribution in [0.2, 0.25) is 5.15 Å². The van der Waals surface area contributed by atoms with Crippen LogP contribution in [0.5, 0.6) is 0 Å². The highest BCUT2D eigenvalue weighted by Gasteiger charge is 2.14. The van der Waals surface area contributed by atoms with E-state index in [1.165, 1.54) is 4.88 Å². The maximum absolute atomic E-state index is 6.22. The fourth-order valence-electron chi connectivity index (χ4n) is 2.26. The Morgan fingerprint density at radius 1 is 1.53 bits per heavy atom. The van der Waals surface area contributed by atoms with Gasteiger partial charge in [-0.25, -0.2) is 0 Å². The molecule has 0 aromatic carbocycles. The van der Waals surface area contributed by atoms with E-state index in [1.807, 2.05) is 25.3 Å². The summed E-state index contributed by atoms with van der Waals surface area (Å²) in [6, 6.07) is 4.43. The van der Waals surface area contributed by atoms with E-state index >= 15 is 0 Å². The molecular formula is C14H20ClN3S. The Labute approximate surface area is 123 Å². The minimum atomic E-state index is 0.153. The Morgan fingerprint density at radius 2 is 2.32 bits per heavy atom. The van der Waals surface area contributed by atoms with Crippen molar-refractivity contribution < 1.29 is 0 Å². The van der Waals surface area contributed by atoms with Crippen LogP contribution in [0, 0.1) is 6.92 Å². The number of hydrogen-bond acceptors (Lipinski definition) is 3. The molecule has 0 saturated carbocycles. The van der Waals surface area contributed by atoms with Gasteiger partial charge in [0.15, 0.2) is 0 Å². The van der Waals surface area contributed by atoms with Gasteiger partial charge in [0.1, 0.15) is 5.15 Å². The number of nitrogens with zero attached hydrogens (tertiary/aromatic N) is 2. The Bertz CT molecular complexity index is 519. The molecule has 19 heavy (non-hydrogen) atoms. The molecule has 2 aromatic rings. The third-order valence-electron chi connectivity index (χ3n) is 3.31. The average Bonchev–Trinajstić information content (AvgIpc) is 2.94. The van der Waals surface area contributed by atoms with Crippen LogP contribution < -0.4 is 5.73 Å². The SMILES string of the molecule is Cc1nn(C)c(Cl)c1CC(N)CCCc1cccs1. The molecule has 0 fully saturated rings. The van der Waals surface area contributed by atoms with Crippen LogP contribution in [-0.4, -0.2) is 15.8 Å². The molecule has 0 aliphatic heterocycles. The van der Waals surface area contributed by atoms with Gasteiger partial charge in [0, 0.05) is 23.5 Å². The van der Waals surface area contributed by atoms with Crippen molar-refractivity contribution in [2.75, 3.05) is 0 Å². The molecule has 2 heterocycles. The molecule has 1 atom stereocenters. The summed E-state index contributed by atoms with van der Waals surface area (Å²) in [6.45, 7) is 1.99. The van der Waals surface area contributed by atoms with Gasteiger partial charge in [0.2, 0.25) is 0 Å². The molecular weight excluding hydrogens is 278 g/mol. The van der Waals surface area contributed by atoms with Crippen molar-refractivity contribution in [3.05, 3.63) is 38.8 Å². The lowest BCUT2D eigenvalue weighted by Crippen LogP contribution is -2.23. The quantitative estimate of drug-likeness (QED) is 0.889. The van der Waals surface area contributed by atoms with Gasteiger partial charge in [0.25, 0.3) is 0 Å². The number of aryl methyl sites for hydroxylation is 3. The standard InChI is InChI=1S/C14H20ClN3S/c1-10-13(14(15)18(2)17-10)9-11(16)5-3-6-12-7-4-8-19-12/h4,7-8,11H,3,5-6,9,16H2,1-2H3. The van der Waals surface area contributed by atoms with E-state index in [0.717, 1.165) is 36.9 Å². The lowest BCUT2D eigenvalue weighted by Gasteiger charge is -2.11. The highest BCUT2D eigenvalue weighted by molar-refractivity contribution is 7.09. The topological polar surface area (TPSA) is 43.8 Å². The Hall–Kier alpha value is -0.840. The van der Waals surface area contributed by atoms with Gasteiger partial charge in [0.05, 0.1) is 5.69 Å². The van der Waals surface area contributed by atoms with Crippen LogP contribution in [0.25, 0.3) is 0 Å². The lowest BCUT2D eigenvalue weighted by atomic mass is 10.0. The summed E-state index contributed by atoms with van der Waals surface area (Å²) < 4.78 is 1.71. The van der Waals surface area contributed by atoms with Crippen LogP contribution in [0.1, 0.15) is 29.0 Å². The Balaban J connectivity index is 1.82. The van der Waals surface area contributed by atoms with E-state index in [-0.39, 0.29) is 6.04 Å². The van der Waals surface area contributed by atoms with E-state index < -0.39 is 0 Å². The molecule has 0 aliphatic carbocycles. The fourth-order valence-corrected chi connectivity index (χ4v) is 3.27. The summed E-state index contributed by atoms with van der Waals surface area (Å²) in [5, 5.41) is 7.15. The zero-order valence-electron chi connectivity index (χ0n) is 11.4. The average molecular weight is 298 g/mol. The first-order valence-corrected chi connectivity index (χ1v) is 7.79. The third-order valence-corrected chi connectivity index (χ3v) is 4.72. The fraction of sp³-hybridized carbons (Fsp3) is 0.500. The van der Waals surface area contributed by atoms with Crippen molar-refractivity contribution in [1.29, 1.82) is 0 Å². The van der Waals surface area contributed by atoms with Crippen molar-refractivity contribution >= 4 is 22.9 Å². The summed E-state index contributed by atoms with van der Waals surface area (Å²) in [4.78, 5) is 1.43. The second kappa shape index (κ2) is 6.55. The van der Waals surface area contributed by atoms with Crippen molar-refractivity contribution in [2.24, 2.45) is 12.8 Å². The van der Waals surface area contributed by atoms with Gasteiger partial charge in [-0.05, 0) is 44.1 Å². The summed E-state index contributed by atoms with van der Waals surface area (Å²) >= 11 is 8.03. The van der Waals surface area contributed by atoms with Crippen molar-refractivity contribution in [3.8, 4) is 0 Å². The van der Waals surface area contributed by atoms with Crippen LogP contribution in [-0.2, 0) is 19.9 Å². The highest BCUT2D eigenvalue weighted by atomic mass is 35.5. The first kappa shape index (κ1) is 14.6. The van der Waals surface area contributed by atoms with E-state index in [9.17, 15) is 0 Å². The zero-order chi connectivity index (χ0) is 13.8. The molecule has 2 N–H and O–H groups in total. The first-order valence-electron chi connectivity index (χ1n) is 6.54. The monoisotopic (exact) mass is 297 g/mol. The second-order valence-corrected chi connectivity index (χ2v) is 6.30. The smallest absolute Gasteiger partial charge is 0.130 e. The predicted molar refractivity (Wildman–Crippen MR) is 81.9 cm³/mol. The number of hydrogen-bond donors (Lipinski definition) is 1. The minimum Gasteiger partial charge on any atom is -0.327 e. The number of thiophene rings is 1. The summed E-state index contributed by atoms with van der Waals surface area (Å²) in [5.41, 5.74) is 8.28. The number of halogens is 1. The van der Waals surface area contributed by atoms with Gasteiger partial charge in [-0.2, -0.15) is 5.10 Å². The van der Waals surface area contributed by atoms with Crippen LogP contribution in [0.4, 0.5) is 0 Å². The summed E-state index contributed by atoms with van der Waals surface area (Å²) in [6.07, 6.45) is 4.06. The van der Waals surface area contributed by atoms with Gasteiger partial charge >= 0.3 is 0 Å². The molecule has 0 amide bonds. The van der Waals surface area contributed by atoms with Crippen molar-refractivity contribution in [2.45, 2.75) is 38.6 Å². The zero-order valence-corrected chi connectivity index (χ0v) is 13.0. The van der Waals surface area contributed by atoms with Crippen molar-refractivity contribution in [3.63, 3.8) is 0 Å². The molecule has 2 aromatic heterocycles. The minimum absolute atomic E-state index is 0.153. The molecule has 3 nitrogen and oxygen atoms in total. The Kier molecular flexibility index (Phi) is 5.02. The first-order chi connectivity index (χ1) is 9.08. The summed E-state index contributed by atoms with van der Waals surface area (Å²) in [7, 11) is 1.86. The maximum atomic E-state index is 6.22. The molecule has 5 heteroatoms. The number of aromatic nitrogens is 2. The summed E-state index contributed by atoms with van der Waals surface area (Å²) in [5.74, 6) is 0. The predicted octanol–water partition coefficient (Wildman–Crippen LogP) is 3.34. The van der Waals surface area contributed by atoms with Gasteiger partial charge < -0.3 is 5.73 Å². The molecule has 1 unspecified atom stereocenters. The molecule has 0 bridgehead atoms. The molecule has 0 saturated heterocycles. The molecule has 104 valence electrons.